The monoisotopic (exact) mass is 381 g/mol. The number of nitrogen functional groups attached to an aromatic ring is 1. The van der Waals surface area contributed by atoms with Gasteiger partial charge in [-0.2, -0.15) is 4.98 Å². The van der Waals surface area contributed by atoms with Gasteiger partial charge in [0.05, 0.1) is 6.61 Å². The van der Waals surface area contributed by atoms with Crippen LogP contribution in [0.3, 0.4) is 0 Å². The molecule has 2 aliphatic heterocycles. The molecule has 27 heavy (non-hydrogen) atoms. The number of rotatable bonds is 3. The lowest BCUT2D eigenvalue weighted by atomic mass is 10.1. The molecule has 12 heteroatoms. The van der Waals surface area contributed by atoms with Gasteiger partial charge >= 0.3 is 0 Å². The lowest BCUT2D eigenvalue weighted by Gasteiger charge is -2.34. The summed E-state index contributed by atoms with van der Waals surface area (Å²) < 4.78 is 7.14. The number of aromatic amines is 1. The van der Waals surface area contributed by atoms with Crippen LogP contribution in [0.15, 0.2) is 4.79 Å². The Bertz CT molecular complexity index is 891. The van der Waals surface area contributed by atoms with Gasteiger partial charge < -0.3 is 35.6 Å². The normalized spacial score (nSPS) is 29.7. The van der Waals surface area contributed by atoms with Gasteiger partial charge in [0, 0.05) is 26.2 Å². The van der Waals surface area contributed by atoms with E-state index in [0.717, 1.165) is 13.1 Å². The average Bonchev–Trinajstić information content (AvgIpc) is 3.14. The molecule has 2 aromatic heterocycles. The highest BCUT2D eigenvalue weighted by Crippen LogP contribution is 2.35. The highest BCUT2D eigenvalue weighted by atomic mass is 16.6. The topological polar surface area (TPSA) is 166 Å². The standard InChI is InChI=1S/C15H23N7O5/c1-20-2-4-21(5-3-20)15-17-8-11(18-14(16)19-12(8)26)22(15)13-10(25)9(24)7(6-23)27-13/h7,9-10,13,23-25H,2-6H2,1H3,(H3,16,18,19,26)/t7-,9-,10+,13+/m1/s1. The van der Waals surface area contributed by atoms with Crippen LogP contribution in [0.2, 0.25) is 0 Å². The summed E-state index contributed by atoms with van der Waals surface area (Å²) in [5.74, 6) is 0.307. The largest absolute Gasteiger partial charge is 0.394 e. The predicted octanol–water partition coefficient (Wildman–Crippen LogP) is -2.93. The number of fused-ring (bicyclic) bond motifs is 1. The van der Waals surface area contributed by atoms with Gasteiger partial charge in [0.15, 0.2) is 17.4 Å². The zero-order chi connectivity index (χ0) is 19.3. The molecule has 4 heterocycles. The quantitative estimate of drug-likeness (QED) is 0.371. The maximum atomic E-state index is 12.3. The van der Waals surface area contributed by atoms with Gasteiger partial charge in [-0.05, 0) is 7.05 Å². The third kappa shape index (κ3) is 2.95. The fourth-order valence-corrected chi connectivity index (χ4v) is 3.55. The molecule has 0 aliphatic carbocycles. The number of likely N-dealkylation sites (N-methyl/N-ethyl adjacent to an activating group) is 1. The number of hydrogen-bond donors (Lipinski definition) is 5. The van der Waals surface area contributed by atoms with Crippen LogP contribution in [-0.4, -0.2) is 97.9 Å². The van der Waals surface area contributed by atoms with Crippen LogP contribution in [0.1, 0.15) is 6.23 Å². The van der Waals surface area contributed by atoms with Crippen LogP contribution in [0, 0.1) is 0 Å². The Hall–Kier alpha value is -2.25. The molecule has 0 bridgehead atoms. The zero-order valence-corrected chi connectivity index (χ0v) is 14.8. The number of nitrogens with zero attached hydrogens (tertiary/aromatic N) is 5. The van der Waals surface area contributed by atoms with E-state index < -0.39 is 36.7 Å². The maximum absolute atomic E-state index is 12.3. The summed E-state index contributed by atoms with van der Waals surface area (Å²) in [5.41, 5.74) is 5.41. The third-order valence-electron chi connectivity index (χ3n) is 5.11. The molecule has 6 N–H and O–H groups in total. The molecule has 0 unspecified atom stereocenters. The minimum Gasteiger partial charge on any atom is -0.394 e. The first-order chi connectivity index (χ1) is 12.9. The fraction of sp³-hybridized carbons (Fsp3) is 0.667. The summed E-state index contributed by atoms with van der Waals surface area (Å²) in [7, 11) is 2.01. The number of imidazole rings is 1. The van der Waals surface area contributed by atoms with Crippen molar-refractivity contribution in [2.24, 2.45) is 0 Å². The summed E-state index contributed by atoms with van der Waals surface area (Å²) in [6.07, 6.45) is -4.63. The number of aromatic nitrogens is 4. The van der Waals surface area contributed by atoms with E-state index in [-0.39, 0.29) is 17.1 Å². The molecule has 2 saturated heterocycles. The second kappa shape index (κ2) is 6.73. The zero-order valence-electron chi connectivity index (χ0n) is 14.8. The molecule has 2 aliphatic rings. The van der Waals surface area contributed by atoms with Gasteiger partial charge in [0.25, 0.3) is 5.56 Å². The minimum absolute atomic E-state index is 0.0656. The number of aliphatic hydroxyl groups is 3. The van der Waals surface area contributed by atoms with Crippen molar-refractivity contribution in [1.82, 2.24) is 24.4 Å². The van der Waals surface area contributed by atoms with Crippen LogP contribution in [-0.2, 0) is 4.74 Å². The van der Waals surface area contributed by atoms with Crippen molar-refractivity contribution in [3.63, 3.8) is 0 Å². The van der Waals surface area contributed by atoms with Crippen LogP contribution in [0.25, 0.3) is 11.2 Å². The van der Waals surface area contributed by atoms with Gasteiger partial charge in [0.1, 0.15) is 18.3 Å². The van der Waals surface area contributed by atoms with Crippen molar-refractivity contribution in [3.8, 4) is 0 Å². The Morgan fingerprint density at radius 1 is 1.22 bits per heavy atom. The Morgan fingerprint density at radius 3 is 2.56 bits per heavy atom. The van der Waals surface area contributed by atoms with Crippen molar-refractivity contribution in [1.29, 1.82) is 0 Å². The molecular formula is C15H23N7O5. The van der Waals surface area contributed by atoms with Gasteiger partial charge in [-0.1, -0.05) is 0 Å². The van der Waals surface area contributed by atoms with E-state index in [2.05, 4.69) is 19.9 Å². The molecule has 12 nitrogen and oxygen atoms in total. The molecule has 4 rings (SSSR count). The molecular weight excluding hydrogens is 358 g/mol. The molecule has 0 aromatic carbocycles. The van der Waals surface area contributed by atoms with Crippen LogP contribution < -0.4 is 16.2 Å². The number of hydrogen-bond acceptors (Lipinski definition) is 10. The Balaban J connectivity index is 1.86. The van der Waals surface area contributed by atoms with E-state index in [1.807, 2.05) is 11.9 Å². The molecule has 0 amide bonds. The van der Waals surface area contributed by atoms with E-state index in [1.54, 1.807) is 0 Å². The summed E-state index contributed by atoms with van der Waals surface area (Å²) in [4.78, 5) is 27.5. The first-order valence-electron chi connectivity index (χ1n) is 8.74. The third-order valence-corrected chi connectivity index (χ3v) is 5.11. The first kappa shape index (κ1) is 18.1. The lowest BCUT2D eigenvalue weighted by molar-refractivity contribution is -0.0505. The van der Waals surface area contributed by atoms with Crippen molar-refractivity contribution in [2.75, 3.05) is 50.5 Å². The number of H-pyrrole nitrogens is 1. The number of aliphatic hydroxyl groups excluding tert-OH is 3. The highest BCUT2D eigenvalue weighted by molar-refractivity contribution is 5.75. The number of piperazine rings is 1. The van der Waals surface area contributed by atoms with E-state index in [4.69, 9.17) is 10.5 Å². The van der Waals surface area contributed by atoms with E-state index in [0.29, 0.717) is 19.0 Å². The first-order valence-corrected chi connectivity index (χ1v) is 8.74. The smallest absolute Gasteiger partial charge is 0.280 e. The molecule has 4 atom stereocenters. The molecule has 0 saturated carbocycles. The SMILES string of the molecule is CN1CCN(c2nc3c(=O)[nH]c(N)nc3n2[C@H]2O[C@H](CO)[C@@H](O)[C@@H]2O)CC1. The molecule has 2 aromatic rings. The van der Waals surface area contributed by atoms with Crippen molar-refractivity contribution >= 4 is 23.1 Å². The van der Waals surface area contributed by atoms with Crippen LogP contribution in [0.5, 0.6) is 0 Å². The summed E-state index contributed by atoms with van der Waals surface area (Å²) in [5, 5.41) is 30.0. The molecule has 0 spiro atoms. The van der Waals surface area contributed by atoms with Crippen molar-refractivity contribution < 1.29 is 20.1 Å². The Morgan fingerprint density at radius 2 is 1.93 bits per heavy atom. The summed E-state index contributed by atoms with van der Waals surface area (Å²) in [6.45, 7) is 2.45. The summed E-state index contributed by atoms with van der Waals surface area (Å²) >= 11 is 0. The van der Waals surface area contributed by atoms with Crippen LogP contribution >= 0.6 is 0 Å². The number of anilines is 2. The average molecular weight is 381 g/mol. The second-order valence-electron chi connectivity index (χ2n) is 6.92. The van der Waals surface area contributed by atoms with Gasteiger partial charge in [-0.15, -0.1) is 0 Å². The molecule has 2 fully saturated rings. The minimum atomic E-state index is -1.33. The Labute approximate surface area is 153 Å². The van der Waals surface area contributed by atoms with Crippen LogP contribution in [0.4, 0.5) is 11.9 Å². The number of nitrogens with two attached hydrogens (primary N) is 1. The highest BCUT2D eigenvalue weighted by Gasteiger charge is 2.45. The van der Waals surface area contributed by atoms with Gasteiger partial charge in [-0.25, -0.2) is 4.98 Å². The fourth-order valence-electron chi connectivity index (χ4n) is 3.55. The predicted molar refractivity (Wildman–Crippen MR) is 95.3 cm³/mol. The number of ether oxygens (including phenoxy) is 1. The van der Waals surface area contributed by atoms with Crippen molar-refractivity contribution in [2.45, 2.75) is 24.5 Å². The molecule has 0 radical (unpaired) electrons. The van der Waals surface area contributed by atoms with E-state index in [9.17, 15) is 20.1 Å². The van der Waals surface area contributed by atoms with Gasteiger partial charge in [0.2, 0.25) is 11.9 Å². The number of nitrogens with one attached hydrogen (secondary N) is 1. The van der Waals surface area contributed by atoms with Gasteiger partial charge in [-0.3, -0.25) is 14.3 Å². The summed E-state index contributed by atoms with van der Waals surface area (Å²) in [6, 6.07) is 0. The second-order valence-corrected chi connectivity index (χ2v) is 6.92. The maximum Gasteiger partial charge on any atom is 0.280 e. The van der Waals surface area contributed by atoms with Crippen molar-refractivity contribution in [3.05, 3.63) is 10.4 Å². The molecule has 148 valence electrons. The van der Waals surface area contributed by atoms with E-state index in [1.165, 1.54) is 4.57 Å². The van der Waals surface area contributed by atoms with E-state index >= 15 is 0 Å². The Kier molecular flexibility index (Phi) is 4.52. The lowest BCUT2D eigenvalue weighted by Crippen LogP contribution is -2.46.